The molecule has 0 fully saturated rings. The Bertz CT molecular complexity index is 506. The predicted octanol–water partition coefficient (Wildman–Crippen LogP) is 0.689. The second-order valence-electron chi connectivity index (χ2n) is 3.90. The predicted molar refractivity (Wildman–Crippen MR) is 65.3 cm³/mol. The summed E-state index contributed by atoms with van der Waals surface area (Å²) in [5.74, 6) is 0.0404. The van der Waals surface area contributed by atoms with Gasteiger partial charge in [-0.2, -0.15) is 0 Å². The molecular formula is C12H16N4O. The van der Waals surface area contributed by atoms with E-state index in [9.17, 15) is 4.79 Å². The van der Waals surface area contributed by atoms with Crippen molar-refractivity contribution in [1.29, 1.82) is 0 Å². The largest absolute Gasteiger partial charge is 0.352 e. The molecule has 1 amide bonds. The van der Waals surface area contributed by atoms with Crippen LogP contribution >= 0.6 is 0 Å². The van der Waals surface area contributed by atoms with E-state index in [1.54, 1.807) is 6.20 Å². The number of hydrogen-bond acceptors (Lipinski definition) is 3. The van der Waals surface area contributed by atoms with Gasteiger partial charge in [-0.1, -0.05) is 0 Å². The second-order valence-corrected chi connectivity index (χ2v) is 3.90. The molecule has 0 saturated heterocycles. The van der Waals surface area contributed by atoms with E-state index in [4.69, 9.17) is 5.73 Å². The summed E-state index contributed by atoms with van der Waals surface area (Å²) in [6, 6.07) is 3.93. The van der Waals surface area contributed by atoms with E-state index < -0.39 is 0 Å². The molecule has 5 heteroatoms. The molecule has 0 atom stereocenters. The van der Waals surface area contributed by atoms with Crippen LogP contribution in [0.3, 0.4) is 0 Å². The summed E-state index contributed by atoms with van der Waals surface area (Å²) in [5, 5.41) is 2.86. The normalized spacial score (nSPS) is 10.6. The van der Waals surface area contributed by atoms with Gasteiger partial charge >= 0.3 is 0 Å². The van der Waals surface area contributed by atoms with E-state index in [0.717, 1.165) is 17.6 Å². The van der Waals surface area contributed by atoms with Gasteiger partial charge < -0.3 is 15.5 Å². The first kappa shape index (κ1) is 11.6. The van der Waals surface area contributed by atoms with Crippen molar-refractivity contribution >= 4 is 11.6 Å². The van der Waals surface area contributed by atoms with Crippen molar-refractivity contribution in [3.05, 3.63) is 36.3 Å². The Hall–Kier alpha value is -1.88. The van der Waals surface area contributed by atoms with E-state index in [1.807, 2.05) is 28.9 Å². The van der Waals surface area contributed by atoms with Crippen LogP contribution in [0, 0.1) is 0 Å². The molecule has 3 N–H and O–H groups in total. The number of amides is 1. The maximum Gasteiger partial charge on any atom is 0.220 e. The summed E-state index contributed by atoms with van der Waals surface area (Å²) in [4.78, 5) is 15.6. The smallest absolute Gasteiger partial charge is 0.220 e. The summed E-state index contributed by atoms with van der Waals surface area (Å²) in [6.45, 7) is 1.08. The lowest BCUT2D eigenvalue weighted by atomic mass is 10.2. The van der Waals surface area contributed by atoms with Crippen LogP contribution in [0.5, 0.6) is 0 Å². The van der Waals surface area contributed by atoms with Gasteiger partial charge in [0.2, 0.25) is 5.91 Å². The minimum Gasteiger partial charge on any atom is -0.352 e. The molecule has 2 aromatic rings. The molecule has 0 bridgehead atoms. The third-order valence-electron chi connectivity index (χ3n) is 2.56. The van der Waals surface area contributed by atoms with Crippen molar-refractivity contribution in [3.8, 4) is 0 Å². The Morgan fingerprint density at radius 2 is 2.35 bits per heavy atom. The number of nitrogens with one attached hydrogen (secondary N) is 1. The molecular weight excluding hydrogens is 216 g/mol. The highest BCUT2D eigenvalue weighted by Crippen LogP contribution is 2.05. The lowest BCUT2D eigenvalue weighted by molar-refractivity contribution is -0.121. The molecule has 2 aromatic heterocycles. The van der Waals surface area contributed by atoms with Gasteiger partial charge in [0.15, 0.2) is 0 Å². The first-order chi connectivity index (χ1) is 8.29. The fraction of sp³-hybridized carbons (Fsp3) is 0.333. The topological polar surface area (TPSA) is 72.4 Å². The van der Waals surface area contributed by atoms with Gasteiger partial charge in [-0.15, -0.1) is 0 Å². The molecule has 2 heterocycles. The van der Waals surface area contributed by atoms with Gasteiger partial charge in [0.05, 0.1) is 0 Å². The lowest BCUT2D eigenvalue weighted by Crippen LogP contribution is -2.23. The molecule has 5 nitrogen and oxygen atoms in total. The van der Waals surface area contributed by atoms with Crippen LogP contribution in [0.2, 0.25) is 0 Å². The molecule has 2 rings (SSSR count). The average Bonchev–Trinajstić information content (AvgIpc) is 2.81. The van der Waals surface area contributed by atoms with Crippen LogP contribution in [0.1, 0.15) is 18.4 Å². The number of carbonyl (C=O) groups excluding carboxylic acids is 1. The number of aromatic nitrogens is 2. The van der Waals surface area contributed by atoms with Crippen LogP contribution < -0.4 is 11.1 Å². The van der Waals surface area contributed by atoms with E-state index in [2.05, 4.69) is 10.3 Å². The Labute approximate surface area is 99.6 Å². The van der Waals surface area contributed by atoms with Crippen molar-refractivity contribution in [2.24, 2.45) is 5.73 Å². The Morgan fingerprint density at radius 3 is 3.18 bits per heavy atom. The summed E-state index contributed by atoms with van der Waals surface area (Å²) in [6.07, 6.45) is 6.79. The number of fused-ring (bicyclic) bond motifs is 1. The van der Waals surface area contributed by atoms with Crippen LogP contribution in [-0.2, 0) is 11.3 Å². The van der Waals surface area contributed by atoms with Gasteiger partial charge in [0.25, 0.3) is 0 Å². The van der Waals surface area contributed by atoms with Crippen molar-refractivity contribution in [2.75, 3.05) is 6.54 Å². The van der Waals surface area contributed by atoms with Crippen LogP contribution in [0.25, 0.3) is 5.65 Å². The van der Waals surface area contributed by atoms with Crippen molar-refractivity contribution in [3.63, 3.8) is 0 Å². The van der Waals surface area contributed by atoms with Crippen LogP contribution in [0.4, 0.5) is 0 Å². The monoisotopic (exact) mass is 232 g/mol. The number of imidazole rings is 1. The molecule has 0 saturated carbocycles. The molecule has 0 spiro atoms. The molecule has 0 radical (unpaired) electrons. The number of rotatable bonds is 5. The number of nitrogens with two attached hydrogens (primary N) is 1. The van der Waals surface area contributed by atoms with Gasteiger partial charge in [-0.3, -0.25) is 4.79 Å². The average molecular weight is 232 g/mol. The Kier molecular flexibility index (Phi) is 3.72. The summed E-state index contributed by atoms with van der Waals surface area (Å²) in [7, 11) is 0. The first-order valence-corrected chi connectivity index (χ1v) is 5.68. The fourth-order valence-electron chi connectivity index (χ4n) is 1.61. The minimum atomic E-state index is 0.0404. The van der Waals surface area contributed by atoms with Gasteiger partial charge in [0.1, 0.15) is 5.65 Å². The van der Waals surface area contributed by atoms with E-state index >= 15 is 0 Å². The molecule has 17 heavy (non-hydrogen) atoms. The van der Waals surface area contributed by atoms with Crippen LogP contribution in [0.15, 0.2) is 30.7 Å². The molecule has 0 aliphatic carbocycles. The van der Waals surface area contributed by atoms with E-state index in [1.165, 1.54) is 0 Å². The summed E-state index contributed by atoms with van der Waals surface area (Å²) >= 11 is 0. The highest BCUT2D eigenvalue weighted by Gasteiger charge is 2.01. The maximum atomic E-state index is 11.4. The zero-order valence-electron chi connectivity index (χ0n) is 9.60. The van der Waals surface area contributed by atoms with Gasteiger partial charge in [-0.25, -0.2) is 4.98 Å². The lowest BCUT2D eigenvalue weighted by Gasteiger charge is -2.05. The zero-order chi connectivity index (χ0) is 12.1. The molecule has 0 aliphatic rings. The molecule has 0 aromatic carbocycles. The summed E-state index contributed by atoms with van der Waals surface area (Å²) in [5.41, 5.74) is 7.28. The second kappa shape index (κ2) is 5.45. The number of pyridine rings is 1. The van der Waals surface area contributed by atoms with Crippen molar-refractivity contribution in [2.45, 2.75) is 19.4 Å². The number of nitrogens with zero attached hydrogens (tertiary/aromatic N) is 2. The van der Waals surface area contributed by atoms with E-state index in [-0.39, 0.29) is 5.91 Å². The van der Waals surface area contributed by atoms with Crippen molar-refractivity contribution in [1.82, 2.24) is 14.7 Å². The third-order valence-corrected chi connectivity index (χ3v) is 2.56. The Balaban J connectivity index is 1.92. The Morgan fingerprint density at radius 1 is 1.47 bits per heavy atom. The van der Waals surface area contributed by atoms with Crippen molar-refractivity contribution < 1.29 is 4.79 Å². The van der Waals surface area contributed by atoms with E-state index in [0.29, 0.717) is 19.5 Å². The highest BCUT2D eigenvalue weighted by atomic mass is 16.1. The quantitative estimate of drug-likeness (QED) is 0.796. The highest BCUT2D eigenvalue weighted by molar-refractivity contribution is 5.75. The van der Waals surface area contributed by atoms with Crippen LogP contribution in [-0.4, -0.2) is 21.8 Å². The molecule has 0 unspecified atom stereocenters. The fourth-order valence-corrected chi connectivity index (χ4v) is 1.61. The molecule has 0 aliphatic heterocycles. The van der Waals surface area contributed by atoms with Gasteiger partial charge in [0, 0.05) is 31.6 Å². The number of hydrogen-bond donors (Lipinski definition) is 2. The first-order valence-electron chi connectivity index (χ1n) is 5.68. The zero-order valence-corrected chi connectivity index (χ0v) is 9.60. The van der Waals surface area contributed by atoms with Gasteiger partial charge in [-0.05, 0) is 30.7 Å². The number of carbonyl (C=O) groups is 1. The third kappa shape index (κ3) is 3.04. The molecule has 90 valence electrons. The maximum absolute atomic E-state index is 11.4. The standard InChI is InChI=1S/C12H16N4O/c13-4-1-2-12(17)15-9-10-3-6-16-7-5-14-11(16)8-10/h3,5-8H,1-2,4,9,13H2,(H,15,17). The SMILES string of the molecule is NCCCC(=O)NCc1ccn2ccnc2c1. The minimum absolute atomic E-state index is 0.0404. The summed E-state index contributed by atoms with van der Waals surface area (Å²) < 4.78 is 1.93.